The quantitative estimate of drug-likeness (QED) is 0.474. The second kappa shape index (κ2) is 9.63. The maximum Gasteiger partial charge on any atom is 0.387 e. The molecule has 0 saturated carbocycles. The van der Waals surface area contributed by atoms with E-state index in [1.54, 1.807) is 6.92 Å². The van der Waals surface area contributed by atoms with Crippen LogP contribution in [0.4, 0.5) is 8.78 Å². The van der Waals surface area contributed by atoms with Crippen molar-refractivity contribution in [3.8, 4) is 5.75 Å². The van der Waals surface area contributed by atoms with Gasteiger partial charge in [0.1, 0.15) is 5.75 Å². The van der Waals surface area contributed by atoms with Gasteiger partial charge in [0.05, 0.1) is 11.5 Å². The molecular formula is C18H21F2NO6S. The molecule has 28 heavy (non-hydrogen) atoms. The fourth-order valence-electron chi connectivity index (χ4n) is 2.85. The highest BCUT2D eigenvalue weighted by molar-refractivity contribution is 7.91. The molecule has 0 aliphatic carbocycles. The molecule has 0 spiro atoms. The predicted molar refractivity (Wildman–Crippen MR) is 97.5 cm³/mol. The van der Waals surface area contributed by atoms with Gasteiger partial charge in [-0.25, -0.2) is 13.2 Å². The summed E-state index contributed by atoms with van der Waals surface area (Å²) < 4.78 is 56.4. The van der Waals surface area contributed by atoms with Crippen molar-refractivity contribution in [3.05, 3.63) is 35.9 Å². The molecule has 1 aliphatic rings. The number of rotatable bonds is 8. The van der Waals surface area contributed by atoms with E-state index < -0.39 is 41.0 Å². The number of ether oxygens (including phenoxy) is 2. The standard InChI is InChI=1S/C18H21F2NO6S/c1-2-21(14-9-10-28(24,25)12-14)16(22)11-26-17(23)8-5-13-3-6-15(7-4-13)27-18(19)20/h3-8,14,18H,2,9-12H2,1H3/b8-5-/t14-/m0/s1. The maximum absolute atomic E-state index is 12.2. The lowest BCUT2D eigenvalue weighted by molar-refractivity contribution is -0.149. The molecule has 1 atom stereocenters. The molecule has 1 amide bonds. The number of esters is 1. The van der Waals surface area contributed by atoms with Gasteiger partial charge in [0.2, 0.25) is 0 Å². The Bertz CT molecular complexity index is 823. The summed E-state index contributed by atoms with van der Waals surface area (Å²) in [5.41, 5.74) is 0.552. The van der Waals surface area contributed by atoms with Crippen molar-refractivity contribution in [2.75, 3.05) is 24.7 Å². The lowest BCUT2D eigenvalue weighted by atomic mass is 10.2. The Labute approximate surface area is 161 Å². The molecule has 1 saturated heterocycles. The molecule has 2 rings (SSSR count). The molecule has 0 radical (unpaired) electrons. The minimum Gasteiger partial charge on any atom is -0.452 e. The highest BCUT2D eigenvalue weighted by Gasteiger charge is 2.34. The van der Waals surface area contributed by atoms with Gasteiger partial charge in [-0.1, -0.05) is 12.1 Å². The van der Waals surface area contributed by atoms with Crippen LogP contribution in [-0.4, -0.2) is 62.5 Å². The molecule has 1 aromatic rings. The van der Waals surface area contributed by atoms with E-state index in [1.807, 2.05) is 0 Å². The summed E-state index contributed by atoms with van der Waals surface area (Å²) in [6, 6.07) is 5.22. The Hall–Kier alpha value is -2.49. The van der Waals surface area contributed by atoms with Gasteiger partial charge in [-0.15, -0.1) is 0 Å². The Morgan fingerprint density at radius 2 is 1.96 bits per heavy atom. The van der Waals surface area contributed by atoms with Crippen LogP contribution in [0.15, 0.2) is 30.3 Å². The summed E-state index contributed by atoms with van der Waals surface area (Å²) in [4.78, 5) is 25.4. The first-order valence-corrected chi connectivity index (χ1v) is 10.4. The Morgan fingerprint density at radius 1 is 1.29 bits per heavy atom. The number of nitrogens with zero attached hydrogens (tertiary/aromatic N) is 1. The second-order valence-corrected chi connectivity index (χ2v) is 8.35. The minimum atomic E-state index is -3.13. The third-order valence-electron chi connectivity index (χ3n) is 4.17. The molecule has 10 heteroatoms. The lowest BCUT2D eigenvalue weighted by Gasteiger charge is -2.26. The Morgan fingerprint density at radius 3 is 2.50 bits per heavy atom. The fourth-order valence-corrected chi connectivity index (χ4v) is 4.58. The fraction of sp³-hybridized carbons (Fsp3) is 0.444. The van der Waals surface area contributed by atoms with E-state index in [-0.39, 0.29) is 17.3 Å². The number of carbonyl (C=O) groups excluding carboxylic acids is 2. The summed E-state index contributed by atoms with van der Waals surface area (Å²) in [6.07, 6.45) is 2.88. The van der Waals surface area contributed by atoms with Crippen LogP contribution in [0, 0.1) is 0 Å². The van der Waals surface area contributed by atoms with Crippen LogP contribution in [-0.2, 0) is 24.2 Å². The largest absolute Gasteiger partial charge is 0.452 e. The zero-order chi connectivity index (χ0) is 20.7. The van der Waals surface area contributed by atoms with Gasteiger partial charge < -0.3 is 14.4 Å². The average Bonchev–Trinajstić information content (AvgIpc) is 2.99. The zero-order valence-corrected chi connectivity index (χ0v) is 16.0. The van der Waals surface area contributed by atoms with Gasteiger partial charge in [-0.3, -0.25) is 4.79 Å². The van der Waals surface area contributed by atoms with Gasteiger partial charge in [-0.05, 0) is 37.1 Å². The smallest absolute Gasteiger partial charge is 0.387 e. The topological polar surface area (TPSA) is 90.0 Å². The second-order valence-electron chi connectivity index (χ2n) is 6.13. The normalized spacial score (nSPS) is 18.4. The highest BCUT2D eigenvalue weighted by Crippen LogP contribution is 2.18. The van der Waals surface area contributed by atoms with Gasteiger partial charge in [0, 0.05) is 18.7 Å². The van der Waals surface area contributed by atoms with Crippen LogP contribution in [0.1, 0.15) is 18.9 Å². The molecule has 1 aliphatic heterocycles. The average molecular weight is 417 g/mol. The number of alkyl halides is 2. The van der Waals surface area contributed by atoms with E-state index in [2.05, 4.69) is 4.74 Å². The van der Waals surface area contributed by atoms with Crippen LogP contribution < -0.4 is 4.74 Å². The summed E-state index contributed by atoms with van der Waals surface area (Å²) in [7, 11) is -3.13. The number of hydrogen-bond acceptors (Lipinski definition) is 6. The molecular weight excluding hydrogens is 396 g/mol. The number of sulfone groups is 1. The zero-order valence-electron chi connectivity index (χ0n) is 15.2. The van der Waals surface area contributed by atoms with Crippen molar-refractivity contribution in [1.82, 2.24) is 4.90 Å². The molecule has 154 valence electrons. The van der Waals surface area contributed by atoms with Crippen molar-refractivity contribution in [3.63, 3.8) is 0 Å². The van der Waals surface area contributed by atoms with Gasteiger partial charge in [0.25, 0.3) is 5.91 Å². The van der Waals surface area contributed by atoms with Crippen LogP contribution in [0.3, 0.4) is 0 Å². The number of hydrogen-bond donors (Lipinski definition) is 0. The molecule has 1 fully saturated rings. The first-order valence-electron chi connectivity index (χ1n) is 8.60. The van der Waals surface area contributed by atoms with Crippen molar-refractivity contribution < 1.29 is 36.3 Å². The summed E-state index contributed by atoms with van der Waals surface area (Å²) in [6.45, 7) is -1.36. The van der Waals surface area contributed by atoms with Crippen LogP contribution in [0.25, 0.3) is 6.08 Å². The van der Waals surface area contributed by atoms with Gasteiger partial charge in [0.15, 0.2) is 16.4 Å². The number of benzene rings is 1. The molecule has 0 unspecified atom stereocenters. The van der Waals surface area contributed by atoms with Crippen LogP contribution in [0.2, 0.25) is 0 Å². The monoisotopic (exact) mass is 417 g/mol. The van der Waals surface area contributed by atoms with E-state index in [1.165, 1.54) is 35.2 Å². The van der Waals surface area contributed by atoms with Crippen molar-refractivity contribution in [2.45, 2.75) is 26.0 Å². The number of amides is 1. The number of likely N-dealkylation sites (N-methyl/N-ethyl adjacent to an activating group) is 1. The molecule has 0 bridgehead atoms. The molecule has 1 aromatic carbocycles. The molecule has 7 nitrogen and oxygen atoms in total. The Balaban J connectivity index is 1.83. The first-order chi connectivity index (χ1) is 13.2. The van der Waals surface area contributed by atoms with Crippen molar-refractivity contribution >= 4 is 27.8 Å². The highest BCUT2D eigenvalue weighted by atomic mass is 32.2. The van der Waals surface area contributed by atoms with Crippen LogP contribution >= 0.6 is 0 Å². The van der Waals surface area contributed by atoms with E-state index in [0.717, 1.165) is 6.08 Å². The minimum absolute atomic E-state index is 0.00564. The van der Waals surface area contributed by atoms with E-state index in [4.69, 9.17) is 4.74 Å². The third-order valence-corrected chi connectivity index (χ3v) is 5.92. The van der Waals surface area contributed by atoms with Crippen molar-refractivity contribution in [1.29, 1.82) is 0 Å². The maximum atomic E-state index is 12.2. The van der Waals surface area contributed by atoms with Crippen molar-refractivity contribution in [2.24, 2.45) is 0 Å². The predicted octanol–water partition coefficient (Wildman–Crippen LogP) is 1.88. The first kappa shape index (κ1) is 21.8. The van der Waals surface area contributed by atoms with Crippen LogP contribution in [0.5, 0.6) is 5.75 Å². The van der Waals surface area contributed by atoms with E-state index in [9.17, 15) is 26.8 Å². The van der Waals surface area contributed by atoms with E-state index in [0.29, 0.717) is 18.5 Å². The SMILES string of the molecule is CCN(C(=O)COC(=O)/C=C\c1ccc(OC(F)F)cc1)[C@H]1CCS(=O)(=O)C1. The number of carbonyl (C=O) groups is 2. The molecule has 0 aromatic heterocycles. The summed E-state index contributed by atoms with van der Waals surface area (Å²) in [5, 5.41) is 0. The summed E-state index contributed by atoms with van der Waals surface area (Å²) >= 11 is 0. The Kier molecular flexibility index (Phi) is 7.50. The molecule has 1 heterocycles. The molecule has 0 N–H and O–H groups in total. The van der Waals surface area contributed by atoms with Gasteiger partial charge >= 0.3 is 12.6 Å². The number of halogens is 2. The summed E-state index contributed by atoms with van der Waals surface area (Å²) in [5.74, 6) is -1.25. The van der Waals surface area contributed by atoms with Gasteiger partial charge in [-0.2, -0.15) is 8.78 Å². The third kappa shape index (κ3) is 6.59. The van der Waals surface area contributed by atoms with E-state index >= 15 is 0 Å². The lowest BCUT2D eigenvalue weighted by Crippen LogP contribution is -2.43.